The maximum absolute atomic E-state index is 12.5. The first kappa shape index (κ1) is 24.9. The fraction of sp³-hybridized carbons (Fsp3) is 0.273. The van der Waals surface area contributed by atoms with Crippen molar-refractivity contribution in [2.45, 2.75) is 30.0 Å². The molecule has 0 aliphatic heterocycles. The third kappa shape index (κ3) is 7.65. The maximum Gasteiger partial charge on any atom is 0.408 e. The van der Waals surface area contributed by atoms with Crippen LogP contribution in [0.5, 0.6) is 0 Å². The average Bonchev–Trinajstić information content (AvgIpc) is 3.25. The van der Waals surface area contributed by atoms with Gasteiger partial charge in [-0.3, -0.25) is 4.79 Å². The van der Waals surface area contributed by atoms with E-state index < -0.39 is 30.1 Å². The Balaban J connectivity index is 1.47. The van der Waals surface area contributed by atoms with E-state index in [1.165, 1.54) is 35.6 Å². The molecule has 1 aromatic heterocycles. The fourth-order valence-electron chi connectivity index (χ4n) is 2.65. The van der Waals surface area contributed by atoms with Gasteiger partial charge in [-0.25, -0.2) is 14.6 Å². The van der Waals surface area contributed by atoms with Gasteiger partial charge in [0.15, 0.2) is 4.34 Å². The molecule has 174 valence electrons. The SMILES string of the molecule is COC(=O)[C@H](CSSc1nc2ccccc2s1)NC(=O)[C@H](C)NC(=O)OCc1ccccc1. The molecule has 0 spiro atoms. The highest BCUT2D eigenvalue weighted by Gasteiger charge is 2.25. The predicted octanol–water partition coefficient (Wildman–Crippen LogP) is 4.01. The molecule has 3 rings (SSSR count). The van der Waals surface area contributed by atoms with Gasteiger partial charge < -0.3 is 20.1 Å². The van der Waals surface area contributed by atoms with Crippen LogP contribution >= 0.6 is 32.9 Å². The molecule has 3 aromatic rings. The molecule has 0 saturated carbocycles. The quantitative estimate of drug-likeness (QED) is 0.314. The lowest BCUT2D eigenvalue weighted by Gasteiger charge is -2.19. The zero-order valence-electron chi connectivity index (χ0n) is 18.0. The van der Waals surface area contributed by atoms with E-state index in [0.29, 0.717) is 0 Å². The van der Waals surface area contributed by atoms with Crippen LogP contribution in [0.25, 0.3) is 10.2 Å². The van der Waals surface area contributed by atoms with Gasteiger partial charge in [-0.15, -0.1) is 11.3 Å². The number of carbonyl (C=O) groups excluding carboxylic acids is 3. The highest BCUT2D eigenvalue weighted by Crippen LogP contribution is 2.36. The molecule has 11 heteroatoms. The second-order valence-corrected chi connectivity index (χ2v) is 10.4. The first-order valence-corrected chi connectivity index (χ1v) is 13.1. The van der Waals surface area contributed by atoms with Crippen molar-refractivity contribution in [2.24, 2.45) is 0 Å². The third-order valence-electron chi connectivity index (χ3n) is 4.38. The summed E-state index contributed by atoms with van der Waals surface area (Å²) >= 11 is 1.56. The van der Waals surface area contributed by atoms with Gasteiger partial charge in [0, 0.05) is 5.75 Å². The highest BCUT2D eigenvalue weighted by atomic mass is 33.1. The number of fused-ring (bicyclic) bond motifs is 1. The second kappa shape index (κ2) is 12.5. The molecule has 0 unspecified atom stereocenters. The Morgan fingerprint density at radius 3 is 2.52 bits per heavy atom. The second-order valence-electron chi connectivity index (χ2n) is 6.83. The Bertz CT molecular complexity index is 1060. The zero-order chi connectivity index (χ0) is 23.6. The number of hydrogen-bond acceptors (Lipinski definition) is 9. The Hall–Kier alpha value is -2.76. The number of methoxy groups -OCH3 is 1. The van der Waals surface area contributed by atoms with Gasteiger partial charge in [0.2, 0.25) is 5.91 Å². The minimum absolute atomic E-state index is 0.0887. The zero-order valence-corrected chi connectivity index (χ0v) is 20.4. The van der Waals surface area contributed by atoms with Gasteiger partial charge in [-0.2, -0.15) is 0 Å². The lowest BCUT2D eigenvalue weighted by atomic mass is 10.2. The van der Waals surface area contributed by atoms with Gasteiger partial charge in [-0.05, 0) is 35.4 Å². The van der Waals surface area contributed by atoms with Gasteiger partial charge in [-0.1, -0.05) is 53.3 Å². The van der Waals surface area contributed by atoms with Crippen LogP contribution in [0, 0.1) is 0 Å². The molecule has 8 nitrogen and oxygen atoms in total. The van der Waals surface area contributed by atoms with E-state index in [9.17, 15) is 14.4 Å². The monoisotopic (exact) mass is 505 g/mol. The largest absolute Gasteiger partial charge is 0.467 e. The van der Waals surface area contributed by atoms with E-state index >= 15 is 0 Å². The van der Waals surface area contributed by atoms with Crippen molar-refractivity contribution in [3.8, 4) is 0 Å². The maximum atomic E-state index is 12.5. The van der Waals surface area contributed by atoms with Crippen LogP contribution in [0.15, 0.2) is 58.9 Å². The molecule has 2 atom stereocenters. The molecule has 0 aliphatic rings. The topological polar surface area (TPSA) is 107 Å². The van der Waals surface area contributed by atoms with Crippen molar-refractivity contribution < 1.29 is 23.9 Å². The van der Waals surface area contributed by atoms with E-state index in [0.717, 1.165) is 20.1 Å². The number of benzene rings is 2. The Kier molecular flexibility index (Phi) is 9.40. The van der Waals surface area contributed by atoms with Gasteiger partial charge >= 0.3 is 12.1 Å². The van der Waals surface area contributed by atoms with E-state index in [1.54, 1.807) is 11.3 Å². The minimum Gasteiger partial charge on any atom is -0.467 e. The van der Waals surface area contributed by atoms with Crippen molar-refractivity contribution in [3.05, 3.63) is 60.2 Å². The van der Waals surface area contributed by atoms with E-state index in [2.05, 4.69) is 15.6 Å². The van der Waals surface area contributed by atoms with Crippen molar-refractivity contribution >= 4 is 61.1 Å². The predicted molar refractivity (Wildman–Crippen MR) is 131 cm³/mol. The Morgan fingerprint density at radius 2 is 1.79 bits per heavy atom. The minimum atomic E-state index is -0.901. The van der Waals surface area contributed by atoms with Gasteiger partial charge in [0.1, 0.15) is 18.7 Å². The lowest BCUT2D eigenvalue weighted by molar-refractivity contribution is -0.144. The number of thiazole rings is 1. The summed E-state index contributed by atoms with van der Waals surface area (Å²) in [5.41, 5.74) is 1.75. The Labute approximate surface area is 203 Å². The first-order valence-electron chi connectivity index (χ1n) is 9.96. The number of rotatable bonds is 10. The summed E-state index contributed by atoms with van der Waals surface area (Å²) in [6.45, 7) is 1.60. The molecule has 0 radical (unpaired) electrons. The molecule has 2 N–H and O–H groups in total. The first-order chi connectivity index (χ1) is 16.0. The van der Waals surface area contributed by atoms with Crippen molar-refractivity contribution in [1.82, 2.24) is 15.6 Å². The number of alkyl carbamates (subject to hydrolysis) is 1. The summed E-state index contributed by atoms with van der Waals surface area (Å²) in [6, 6.07) is 15.2. The van der Waals surface area contributed by atoms with Crippen molar-refractivity contribution in [3.63, 3.8) is 0 Å². The molecule has 0 fully saturated rings. The number of amides is 2. The Morgan fingerprint density at radius 1 is 1.06 bits per heavy atom. The fourth-order valence-corrected chi connectivity index (χ4v) is 6.18. The van der Waals surface area contributed by atoms with Crippen molar-refractivity contribution in [1.29, 1.82) is 0 Å². The number of para-hydroxylation sites is 1. The van der Waals surface area contributed by atoms with E-state index in [-0.39, 0.29) is 12.4 Å². The van der Waals surface area contributed by atoms with Gasteiger partial charge in [0.25, 0.3) is 0 Å². The number of hydrogen-bond donors (Lipinski definition) is 2. The number of ether oxygens (including phenoxy) is 2. The summed E-state index contributed by atoms with van der Waals surface area (Å²) in [4.78, 5) is 41.2. The number of carbonyl (C=O) groups is 3. The summed E-state index contributed by atoms with van der Waals surface area (Å²) in [7, 11) is 4.07. The molecule has 0 bridgehead atoms. The number of aromatic nitrogens is 1. The number of nitrogens with zero attached hydrogens (tertiary/aromatic N) is 1. The van der Waals surface area contributed by atoms with Crippen LogP contribution in [-0.2, 0) is 25.7 Å². The molecule has 2 amide bonds. The molecular weight excluding hydrogens is 482 g/mol. The van der Waals surface area contributed by atoms with E-state index in [4.69, 9.17) is 9.47 Å². The molecule has 2 aromatic carbocycles. The van der Waals surface area contributed by atoms with Gasteiger partial charge in [0.05, 0.1) is 17.3 Å². The number of esters is 1. The normalized spacial score (nSPS) is 12.5. The van der Waals surface area contributed by atoms with Crippen LogP contribution in [0.1, 0.15) is 12.5 Å². The molecule has 0 saturated heterocycles. The molecule has 33 heavy (non-hydrogen) atoms. The smallest absolute Gasteiger partial charge is 0.408 e. The third-order valence-corrected chi connectivity index (χ3v) is 8.09. The molecule has 1 heterocycles. The summed E-state index contributed by atoms with van der Waals surface area (Å²) in [5.74, 6) is -0.822. The molecule has 0 aliphatic carbocycles. The molecular formula is C22H23N3O5S3. The van der Waals surface area contributed by atoms with Crippen LogP contribution in [0.4, 0.5) is 4.79 Å². The van der Waals surface area contributed by atoms with Crippen LogP contribution in [0.2, 0.25) is 0 Å². The van der Waals surface area contributed by atoms with Crippen molar-refractivity contribution in [2.75, 3.05) is 12.9 Å². The van der Waals surface area contributed by atoms with E-state index in [1.807, 2.05) is 54.6 Å². The highest BCUT2D eigenvalue weighted by molar-refractivity contribution is 8.77. The number of nitrogens with one attached hydrogen (secondary N) is 2. The van der Waals surface area contributed by atoms with Crippen LogP contribution < -0.4 is 10.6 Å². The van der Waals surface area contributed by atoms with Crippen LogP contribution in [-0.4, -0.2) is 47.9 Å². The lowest BCUT2D eigenvalue weighted by Crippen LogP contribution is -2.51. The van der Waals surface area contributed by atoms with Crippen LogP contribution in [0.3, 0.4) is 0 Å². The summed E-state index contributed by atoms with van der Waals surface area (Å²) in [6.07, 6.45) is -0.725. The standard InChI is InChI=1S/C22H23N3O5S3/c1-14(23-21(28)30-12-15-8-4-3-5-9-15)19(26)24-17(20(27)29-2)13-31-33-22-25-16-10-6-7-11-18(16)32-22/h3-11,14,17H,12-13H2,1-2H3,(H,23,28)(H,24,26)/t14-,17-/m0/s1. The summed E-state index contributed by atoms with van der Waals surface area (Å²) < 4.78 is 11.9. The average molecular weight is 506 g/mol. The summed E-state index contributed by atoms with van der Waals surface area (Å²) in [5, 5.41) is 5.09.